The van der Waals surface area contributed by atoms with E-state index in [0.29, 0.717) is 57.5 Å². The molecule has 2 N–H and O–H groups in total. The number of carbonyl (C=O) groups is 1. The van der Waals surface area contributed by atoms with Gasteiger partial charge >= 0.3 is 0 Å². The second-order valence-electron chi connectivity index (χ2n) is 5.51. The standard InChI is InChI=1S/C19H32N2O5/c1-3-26-18-7-4-6-17(16-18)19(22)21-9-11-24-13-15-25-14-12-23-10-5-8-20-2/h4,6-7,16,20H,3,5,8-15H2,1-2H3,(H,21,22). The van der Waals surface area contributed by atoms with Crippen LogP contribution < -0.4 is 15.4 Å². The van der Waals surface area contributed by atoms with Crippen LogP contribution in [-0.4, -0.2) is 72.3 Å². The van der Waals surface area contributed by atoms with Crippen molar-refractivity contribution in [3.8, 4) is 5.75 Å². The Balaban J connectivity index is 1.95. The van der Waals surface area contributed by atoms with Crippen molar-refractivity contribution in [3.63, 3.8) is 0 Å². The largest absolute Gasteiger partial charge is 0.494 e. The summed E-state index contributed by atoms with van der Waals surface area (Å²) in [5, 5.41) is 5.89. The molecule has 0 saturated carbocycles. The van der Waals surface area contributed by atoms with Crippen LogP contribution in [0.25, 0.3) is 0 Å². The molecule has 7 nitrogen and oxygen atoms in total. The third-order valence-corrected chi connectivity index (χ3v) is 3.40. The molecule has 0 heterocycles. The Kier molecular flexibility index (Phi) is 13.4. The van der Waals surface area contributed by atoms with Crippen LogP contribution in [0, 0.1) is 0 Å². The van der Waals surface area contributed by atoms with Gasteiger partial charge in [0.1, 0.15) is 5.75 Å². The summed E-state index contributed by atoms with van der Waals surface area (Å²) >= 11 is 0. The van der Waals surface area contributed by atoms with E-state index >= 15 is 0 Å². The average Bonchev–Trinajstić information content (AvgIpc) is 2.66. The Bertz CT molecular complexity index is 485. The highest BCUT2D eigenvalue weighted by Crippen LogP contribution is 2.12. The SMILES string of the molecule is CCOc1cccc(C(=O)NCCOCCOCCOCCCNC)c1. The summed E-state index contributed by atoms with van der Waals surface area (Å²) in [6.45, 7) is 7.26. The van der Waals surface area contributed by atoms with Gasteiger partial charge in [-0.2, -0.15) is 0 Å². The Morgan fingerprint density at radius 1 is 0.962 bits per heavy atom. The second-order valence-corrected chi connectivity index (χ2v) is 5.51. The molecule has 148 valence electrons. The van der Waals surface area contributed by atoms with E-state index < -0.39 is 0 Å². The first-order chi connectivity index (χ1) is 12.8. The molecule has 0 aliphatic heterocycles. The molecule has 0 aromatic heterocycles. The lowest BCUT2D eigenvalue weighted by atomic mass is 10.2. The van der Waals surface area contributed by atoms with Crippen LogP contribution in [0.15, 0.2) is 24.3 Å². The summed E-state index contributed by atoms with van der Waals surface area (Å²) in [7, 11) is 1.93. The van der Waals surface area contributed by atoms with Gasteiger partial charge in [0.2, 0.25) is 0 Å². The molecule has 0 saturated heterocycles. The van der Waals surface area contributed by atoms with Crippen molar-refractivity contribution in [2.45, 2.75) is 13.3 Å². The lowest BCUT2D eigenvalue weighted by Crippen LogP contribution is -2.27. The molecular formula is C19H32N2O5. The first kappa shape index (κ1) is 22.4. The van der Waals surface area contributed by atoms with E-state index in [4.69, 9.17) is 18.9 Å². The van der Waals surface area contributed by atoms with Gasteiger partial charge < -0.3 is 29.6 Å². The summed E-state index contributed by atoms with van der Waals surface area (Å²) in [6.07, 6.45) is 1.00. The molecule has 1 aromatic rings. The summed E-state index contributed by atoms with van der Waals surface area (Å²) in [5.41, 5.74) is 0.578. The number of hydrogen-bond acceptors (Lipinski definition) is 6. The van der Waals surface area contributed by atoms with Crippen molar-refractivity contribution < 1.29 is 23.7 Å². The third kappa shape index (κ3) is 11.0. The van der Waals surface area contributed by atoms with Crippen LogP contribution in [0.2, 0.25) is 0 Å². The Morgan fingerprint density at radius 3 is 2.35 bits per heavy atom. The maximum atomic E-state index is 12.0. The van der Waals surface area contributed by atoms with E-state index in [9.17, 15) is 4.79 Å². The number of rotatable bonds is 16. The lowest BCUT2D eigenvalue weighted by molar-refractivity contribution is 0.0148. The van der Waals surface area contributed by atoms with Crippen LogP contribution in [0.1, 0.15) is 23.7 Å². The van der Waals surface area contributed by atoms with Gasteiger partial charge in [0.25, 0.3) is 5.91 Å². The van der Waals surface area contributed by atoms with Gasteiger partial charge in [-0.1, -0.05) is 6.07 Å². The minimum absolute atomic E-state index is 0.137. The van der Waals surface area contributed by atoms with Gasteiger partial charge in [-0.25, -0.2) is 0 Å². The molecule has 1 rings (SSSR count). The topological polar surface area (TPSA) is 78.1 Å². The molecular weight excluding hydrogens is 336 g/mol. The van der Waals surface area contributed by atoms with Gasteiger partial charge in [-0.3, -0.25) is 4.79 Å². The summed E-state index contributed by atoms with van der Waals surface area (Å²) in [5.74, 6) is 0.557. The van der Waals surface area contributed by atoms with Gasteiger partial charge in [-0.05, 0) is 45.1 Å². The van der Waals surface area contributed by atoms with Crippen molar-refractivity contribution in [3.05, 3.63) is 29.8 Å². The predicted octanol–water partition coefficient (Wildman–Crippen LogP) is 1.47. The van der Waals surface area contributed by atoms with E-state index in [0.717, 1.165) is 19.6 Å². The molecule has 0 atom stereocenters. The lowest BCUT2D eigenvalue weighted by Gasteiger charge is -2.09. The van der Waals surface area contributed by atoms with Crippen LogP contribution in [-0.2, 0) is 14.2 Å². The quantitative estimate of drug-likeness (QED) is 0.430. The van der Waals surface area contributed by atoms with E-state index in [1.807, 2.05) is 20.0 Å². The molecule has 26 heavy (non-hydrogen) atoms. The molecule has 0 fully saturated rings. The third-order valence-electron chi connectivity index (χ3n) is 3.40. The molecule has 0 bridgehead atoms. The second kappa shape index (κ2) is 15.6. The normalized spacial score (nSPS) is 10.7. The maximum absolute atomic E-state index is 12.0. The molecule has 7 heteroatoms. The highest BCUT2D eigenvalue weighted by molar-refractivity contribution is 5.94. The van der Waals surface area contributed by atoms with E-state index in [-0.39, 0.29) is 5.91 Å². The van der Waals surface area contributed by atoms with Crippen molar-refractivity contribution in [2.24, 2.45) is 0 Å². The number of hydrogen-bond donors (Lipinski definition) is 2. The van der Waals surface area contributed by atoms with Crippen LogP contribution >= 0.6 is 0 Å². The Hall–Kier alpha value is -1.67. The average molecular weight is 368 g/mol. The van der Waals surface area contributed by atoms with Gasteiger partial charge in [0.15, 0.2) is 0 Å². The van der Waals surface area contributed by atoms with E-state index in [2.05, 4.69) is 10.6 Å². The van der Waals surface area contributed by atoms with Crippen LogP contribution in [0.3, 0.4) is 0 Å². The first-order valence-electron chi connectivity index (χ1n) is 9.16. The summed E-state index contributed by atoms with van der Waals surface area (Å²) in [4.78, 5) is 12.0. The van der Waals surface area contributed by atoms with E-state index in [1.54, 1.807) is 18.2 Å². The van der Waals surface area contributed by atoms with Gasteiger partial charge in [-0.15, -0.1) is 0 Å². The zero-order chi connectivity index (χ0) is 18.9. The van der Waals surface area contributed by atoms with Crippen molar-refractivity contribution in [1.29, 1.82) is 0 Å². The molecule has 0 radical (unpaired) electrons. The Morgan fingerprint density at radius 2 is 1.65 bits per heavy atom. The minimum atomic E-state index is -0.137. The molecule has 1 aromatic carbocycles. The minimum Gasteiger partial charge on any atom is -0.494 e. The number of carbonyl (C=O) groups excluding carboxylic acids is 1. The van der Waals surface area contributed by atoms with Crippen LogP contribution in [0.4, 0.5) is 0 Å². The number of benzene rings is 1. The van der Waals surface area contributed by atoms with E-state index in [1.165, 1.54) is 0 Å². The van der Waals surface area contributed by atoms with Crippen LogP contribution in [0.5, 0.6) is 5.75 Å². The monoisotopic (exact) mass is 368 g/mol. The summed E-state index contributed by atoms with van der Waals surface area (Å²) in [6, 6.07) is 7.12. The van der Waals surface area contributed by atoms with Gasteiger partial charge in [0.05, 0.1) is 39.6 Å². The summed E-state index contributed by atoms with van der Waals surface area (Å²) < 4.78 is 21.6. The highest BCUT2D eigenvalue weighted by atomic mass is 16.5. The first-order valence-corrected chi connectivity index (χ1v) is 9.16. The highest BCUT2D eigenvalue weighted by Gasteiger charge is 2.05. The van der Waals surface area contributed by atoms with Crippen molar-refractivity contribution >= 4 is 5.91 Å². The smallest absolute Gasteiger partial charge is 0.251 e. The molecule has 0 spiro atoms. The zero-order valence-corrected chi connectivity index (χ0v) is 15.9. The number of nitrogens with one attached hydrogen (secondary N) is 2. The fourth-order valence-corrected chi connectivity index (χ4v) is 2.13. The van der Waals surface area contributed by atoms with Crippen molar-refractivity contribution in [1.82, 2.24) is 10.6 Å². The molecule has 0 aliphatic rings. The molecule has 0 aliphatic carbocycles. The fourth-order valence-electron chi connectivity index (χ4n) is 2.13. The van der Waals surface area contributed by atoms with Crippen molar-refractivity contribution in [2.75, 3.05) is 66.4 Å². The molecule has 0 unspecified atom stereocenters. The molecule has 1 amide bonds. The Labute approximate surface area is 156 Å². The maximum Gasteiger partial charge on any atom is 0.251 e. The fraction of sp³-hybridized carbons (Fsp3) is 0.632. The number of ether oxygens (including phenoxy) is 4. The zero-order valence-electron chi connectivity index (χ0n) is 15.9. The predicted molar refractivity (Wildman–Crippen MR) is 101 cm³/mol. The number of amides is 1. The van der Waals surface area contributed by atoms with Gasteiger partial charge in [0, 0.05) is 18.7 Å².